The van der Waals surface area contributed by atoms with Crippen LogP contribution in [0.3, 0.4) is 0 Å². The number of hydrogen-bond acceptors (Lipinski definition) is 8. The molecule has 4 atom stereocenters. The molecule has 0 unspecified atom stereocenters. The van der Waals surface area contributed by atoms with E-state index in [0.717, 1.165) is 65.9 Å². The third-order valence-corrected chi connectivity index (χ3v) is 10.5. The minimum atomic E-state index is -5.02. The van der Waals surface area contributed by atoms with Crippen LogP contribution >= 0.6 is 0 Å². The quantitative estimate of drug-likeness (QED) is 0.302. The van der Waals surface area contributed by atoms with Gasteiger partial charge in [0.15, 0.2) is 12.1 Å². The summed E-state index contributed by atoms with van der Waals surface area (Å²) in [6.45, 7) is 3.66. The normalized spacial score (nSPS) is 25.0. The molecule has 4 saturated heterocycles. The second-order valence-electron chi connectivity index (χ2n) is 14.0. The number of benzene rings is 3. The predicted molar refractivity (Wildman–Crippen MR) is 183 cm³/mol. The summed E-state index contributed by atoms with van der Waals surface area (Å²) in [5.74, 6) is -3.04. The van der Waals surface area contributed by atoms with E-state index < -0.39 is 36.1 Å². The first-order chi connectivity index (χ1) is 25.1. The van der Waals surface area contributed by atoms with Crippen LogP contribution in [-0.2, 0) is 41.7 Å². The van der Waals surface area contributed by atoms with Gasteiger partial charge in [-0.1, -0.05) is 60.7 Å². The summed E-state index contributed by atoms with van der Waals surface area (Å²) in [4.78, 5) is 27.7. The maximum atomic E-state index is 13.1. The number of ether oxygens (including phenoxy) is 4. The molecule has 0 aliphatic carbocycles. The van der Waals surface area contributed by atoms with Gasteiger partial charge < -0.3 is 39.2 Å². The van der Waals surface area contributed by atoms with Crippen LogP contribution in [0.5, 0.6) is 0 Å². The summed E-state index contributed by atoms with van der Waals surface area (Å²) in [6, 6.07) is 22.1. The number of amides is 2. The SMILES string of the molecule is O=C(NCc1cccc(-c2cccc([C@H]3O[C@@H](CN4CCC5(CC4)OCCO5)C[C@@H](c4ccc(CO)cc4)O3)c2)c1)[C@@H]1CCCN1C(=O)C(F)(F)F. The fourth-order valence-corrected chi connectivity index (χ4v) is 7.66. The van der Waals surface area contributed by atoms with Crippen LogP contribution < -0.4 is 5.32 Å². The maximum Gasteiger partial charge on any atom is 0.471 e. The molecule has 13 heteroatoms. The maximum absolute atomic E-state index is 13.1. The number of hydrogen-bond donors (Lipinski definition) is 2. The Kier molecular flexibility index (Phi) is 11.0. The molecular weight excluding hydrogens is 679 g/mol. The molecule has 278 valence electrons. The van der Waals surface area contributed by atoms with Gasteiger partial charge in [0.1, 0.15) is 6.04 Å². The summed E-state index contributed by atoms with van der Waals surface area (Å²) >= 11 is 0. The van der Waals surface area contributed by atoms with E-state index in [1.165, 1.54) is 0 Å². The Bertz CT molecular complexity index is 1710. The average molecular weight is 724 g/mol. The fraction of sp³-hybridized carbons (Fsp3) is 0.487. The van der Waals surface area contributed by atoms with Crippen molar-refractivity contribution in [1.82, 2.24) is 15.1 Å². The number of aliphatic hydroxyl groups excluding tert-OH is 1. The van der Waals surface area contributed by atoms with Crippen molar-refractivity contribution >= 4 is 11.8 Å². The van der Waals surface area contributed by atoms with Crippen LogP contribution in [0.4, 0.5) is 13.2 Å². The van der Waals surface area contributed by atoms with Crippen molar-refractivity contribution in [3.8, 4) is 11.1 Å². The van der Waals surface area contributed by atoms with Gasteiger partial charge in [0.05, 0.1) is 32.0 Å². The number of aliphatic hydroxyl groups is 1. The molecule has 4 fully saturated rings. The molecule has 0 bridgehead atoms. The van der Waals surface area contributed by atoms with Gasteiger partial charge in [0, 0.05) is 57.5 Å². The van der Waals surface area contributed by atoms with E-state index in [0.29, 0.717) is 31.0 Å². The molecule has 3 aromatic rings. The monoisotopic (exact) mass is 723 g/mol. The standard InChI is InChI=1S/C39H44F3N3O7/c40-39(41,42)37(48)45-15-3-8-33(45)35(47)43-23-27-4-1-5-29(20-27)30-6-2-7-31(21-30)36-51-32(22-34(52-36)28-11-9-26(25-46)10-12-28)24-44-16-13-38(14-17-44)49-18-19-50-38/h1-2,4-7,9-12,20-21,32-34,36,46H,3,8,13-19,22-25H2,(H,43,47)/t32-,33+,34+,36+/m1/s1. The number of likely N-dealkylation sites (tertiary alicyclic amines) is 2. The fourth-order valence-electron chi connectivity index (χ4n) is 7.66. The molecule has 1 spiro atoms. The smallest absolute Gasteiger partial charge is 0.392 e. The molecule has 4 aliphatic rings. The van der Waals surface area contributed by atoms with E-state index in [1.807, 2.05) is 72.8 Å². The van der Waals surface area contributed by atoms with Gasteiger partial charge in [0.25, 0.3) is 0 Å². The molecular formula is C39H44F3N3O7. The number of alkyl halides is 3. The molecule has 2 N–H and O–H groups in total. The highest BCUT2D eigenvalue weighted by molar-refractivity contribution is 5.90. The highest BCUT2D eigenvalue weighted by atomic mass is 19.4. The molecule has 0 aromatic heterocycles. The van der Waals surface area contributed by atoms with Gasteiger partial charge in [-0.25, -0.2) is 0 Å². The van der Waals surface area contributed by atoms with E-state index >= 15 is 0 Å². The number of nitrogens with one attached hydrogen (secondary N) is 1. The van der Waals surface area contributed by atoms with Gasteiger partial charge in [0.2, 0.25) is 5.91 Å². The van der Waals surface area contributed by atoms with Crippen molar-refractivity contribution in [2.24, 2.45) is 0 Å². The zero-order valence-corrected chi connectivity index (χ0v) is 28.9. The van der Waals surface area contributed by atoms with E-state index in [1.54, 1.807) is 0 Å². The predicted octanol–water partition coefficient (Wildman–Crippen LogP) is 5.40. The van der Waals surface area contributed by atoms with Crippen molar-refractivity contribution in [3.63, 3.8) is 0 Å². The Balaban J connectivity index is 1.04. The average Bonchev–Trinajstić information content (AvgIpc) is 3.85. The number of carbonyl (C=O) groups excluding carboxylic acids is 2. The highest BCUT2D eigenvalue weighted by Gasteiger charge is 2.47. The van der Waals surface area contributed by atoms with Gasteiger partial charge in [-0.3, -0.25) is 9.59 Å². The molecule has 10 nitrogen and oxygen atoms in total. The molecule has 52 heavy (non-hydrogen) atoms. The van der Waals surface area contributed by atoms with E-state index in [9.17, 15) is 27.9 Å². The first-order valence-corrected chi connectivity index (χ1v) is 17.9. The first kappa shape index (κ1) is 36.5. The first-order valence-electron chi connectivity index (χ1n) is 17.9. The van der Waals surface area contributed by atoms with Crippen molar-refractivity contribution in [2.45, 2.75) is 81.8 Å². The highest BCUT2D eigenvalue weighted by Crippen LogP contribution is 2.40. The minimum Gasteiger partial charge on any atom is -0.392 e. The van der Waals surface area contributed by atoms with E-state index in [2.05, 4.69) is 10.2 Å². The molecule has 3 aromatic carbocycles. The van der Waals surface area contributed by atoms with Crippen molar-refractivity contribution in [1.29, 1.82) is 0 Å². The van der Waals surface area contributed by atoms with Gasteiger partial charge >= 0.3 is 12.1 Å². The number of halogens is 3. The summed E-state index contributed by atoms with van der Waals surface area (Å²) < 4.78 is 64.3. The molecule has 0 radical (unpaired) electrons. The molecule has 4 aliphatic heterocycles. The topological polar surface area (TPSA) is 110 Å². The van der Waals surface area contributed by atoms with Gasteiger partial charge in [-0.2, -0.15) is 13.2 Å². The minimum absolute atomic E-state index is 0.0352. The van der Waals surface area contributed by atoms with Crippen LogP contribution in [0, 0.1) is 0 Å². The Morgan fingerprint density at radius 2 is 1.58 bits per heavy atom. The molecule has 0 saturated carbocycles. The number of nitrogens with zero attached hydrogens (tertiary/aromatic N) is 2. The van der Waals surface area contributed by atoms with Crippen molar-refractivity contribution < 1.29 is 46.8 Å². The lowest BCUT2D eigenvalue weighted by molar-refractivity contribution is -0.255. The largest absolute Gasteiger partial charge is 0.471 e. The lowest BCUT2D eigenvalue weighted by Gasteiger charge is -2.41. The van der Waals surface area contributed by atoms with Crippen LogP contribution in [0.2, 0.25) is 0 Å². The Morgan fingerprint density at radius 1 is 0.865 bits per heavy atom. The Morgan fingerprint density at radius 3 is 2.29 bits per heavy atom. The Labute approximate surface area is 300 Å². The zero-order chi connectivity index (χ0) is 36.3. The Hall–Kier alpha value is -3.85. The summed E-state index contributed by atoms with van der Waals surface area (Å²) in [5.41, 5.74) is 5.23. The summed E-state index contributed by atoms with van der Waals surface area (Å²) in [6.07, 6.45) is -3.20. The lowest BCUT2D eigenvalue weighted by atomic mass is 9.97. The van der Waals surface area contributed by atoms with Gasteiger partial charge in [-0.15, -0.1) is 0 Å². The van der Waals surface area contributed by atoms with Crippen molar-refractivity contribution in [2.75, 3.05) is 39.4 Å². The third-order valence-electron chi connectivity index (χ3n) is 10.5. The van der Waals surface area contributed by atoms with Crippen LogP contribution in [0.15, 0.2) is 72.8 Å². The van der Waals surface area contributed by atoms with Crippen LogP contribution in [0.1, 0.15) is 66.8 Å². The van der Waals surface area contributed by atoms with Crippen molar-refractivity contribution in [3.05, 3.63) is 95.1 Å². The number of rotatable bonds is 9. The second kappa shape index (κ2) is 15.6. The van der Waals surface area contributed by atoms with E-state index in [4.69, 9.17) is 18.9 Å². The van der Waals surface area contributed by atoms with E-state index in [-0.39, 0.29) is 38.3 Å². The second-order valence-corrected chi connectivity index (χ2v) is 14.0. The molecule has 2 amide bonds. The summed E-state index contributed by atoms with van der Waals surface area (Å²) in [5, 5.41) is 12.3. The van der Waals surface area contributed by atoms with Crippen LogP contribution in [-0.4, -0.2) is 90.2 Å². The van der Waals surface area contributed by atoms with Gasteiger partial charge in [-0.05, 0) is 52.8 Å². The molecule has 7 rings (SSSR count). The lowest BCUT2D eigenvalue weighted by Crippen LogP contribution is -2.50. The van der Waals surface area contributed by atoms with Crippen LogP contribution in [0.25, 0.3) is 11.1 Å². The molecule has 4 heterocycles. The zero-order valence-electron chi connectivity index (χ0n) is 28.9. The summed E-state index contributed by atoms with van der Waals surface area (Å²) in [7, 11) is 0. The third kappa shape index (κ3) is 8.35. The number of piperidine rings is 1. The number of carbonyl (C=O) groups is 2.